The van der Waals surface area contributed by atoms with Crippen molar-refractivity contribution in [1.29, 1.82) is 0 Å². The van der Waals surface area contributed by atoms with Gasteiger partial charge >= 0.3 is 0 Å². The monoisotopic (exact) mass is 170 g/mol. The van der Waals surface area contributed by atoms with Gasteiger partial charge in [0.25, 0.3) is 0 Å². The number of rotatable bonds is 1. The maximum Gasteiger partial charge on any atom is 0.0212 e. The van der Waals surface area contributed by atoms with Gasteiger partial charge in [0, 0.05) is 4.90 Å². The Morgan fingerprint density at radius 2 is 2.00 bits per heavy atom. The van der Waals surface area contributed by atoms with Gasteiger partial charge in [-0.1, -0.05) is 22.9 Å². The van der Waals surface area contributed by atoms with E-state index in [0.29, 0.717) is 0 Å². The maximum absolute atomic E-state index is 4.14. The zero-order valence-electron chi connectivity index (χ0n) is 6.09. The molecule has 10 heavy (non-hydrogen) atoms. The van der Waals surface area contributed by atoms with E-state index in [4.69, 9.17) is 0 Å². The topological polar surface area (TPSA) is 0 Å². The highest BCUT2D eigenvalue weighted by atomic mass is 33.1. The minimum Gasteiger partial charge on any atom is -0.106 e. The van der Waals surface area contributed by atoms with Crippen LogP contribution in [0.4, 0.5) is 0 Å². The van der Waals surface area contributed by atoms with E-state index in [1.807, 2.05) is 0 Å². The average molecular weight is 170 g/mol. The summed E-state index contributed by atoms with van der Waals surface area (Å²) >= 11 is 4.14. The Kier molecular flexibility index (Phi) is 2.69. The van der Waals surface area contributed by atoms with Crippen molar-refractivity contribution in [2.75, 3.05) is 0 Å². The summed E-state index contributed by atoms with van der Waals surface area (Å²) in [5, 5.41) is 0. The molecule has 0 aromatic heterocycles. The molecule has 0 spiro atoms. The maximum atomic E-state index is 4.14. The lowest BCUT2D eigenvalue weighted by molar-refractivity contribution is 1.24. The first-order chi connectivity index (χ1) is 4.75. The molecule has 0 aliphatic heterocycles. The van der Waals surface area contributed by atoms with Gasteiger partial charge in [0.15, 0.2) is 0 Å². The van der Waals surface area contributed by atoms with Crippen LogP contribution in [0.5, 0.6) is 0 Å². The summed E-state index contributed by atoms with van der Waals surface area (Å²) in [5.41, 5.74) is 2.67. The fourth-order valence-corrected chi connectivity index (χ4v) is 1.85. The average Bonchev–Trinajstić information content (AvgIpc) is 1.95. The van der Waals surface area contributed by atoms with E-state index in [-0.39, 0.29) is 0 Å². The van der Waals surface area contributed by atoms with E-state index in [1.54, 1.807) is 0 Å². The zero-order valence-corrected chi connectivity index (χ0v) is 7.80. The van der Waals surface area contributed by atoms with Gasteiger partial charge in [0.2, 0.25) is 0 Å². The molecule has 0 bridgehead atoms. The van der Waals surface area contributed by atoms with Crippen LogP contribution in [0.3, 0.4) is 0 Å². The molecule has 0 aliphatic rings. The summed E-state index contributed by atoms with van der Waals surface area (Å²) in [6, 6.07) is 6.25. The van der Waals surface area contributed by atoms with Gasteiger partial charge in [-0.2, -0.15) is 0 Å². The van der Waals surface area contributed by atoms with Gasteiger partial charge in [-0.25, -0.2) is 0 Å². The second-order valence-electron chi connectivity index (χ2n) is 2.29. The summed E-state index contributed by atoms with van der Waals surface area (Å²) in [6.45, 7) is 4.23. The number of benzene rings is 1. The van der Waals surface area contributed by atoms with Crippen molar-refractivity contribution in [3.05, 3.63) is 29.3 Å². The van der Waals surface area contributed by atoms with Gasteiger partial charge < -0.3 is 0 Å². The van der Waals surface area contributed by atoms with E-state index in [0.717, 1.165) is 0 Å². The second-order valence-corrected chi connectivity index (χ2v) is 3.46. The summed E-state index contributed by atoms with van der Waals surface area (Å²) in [7, 11) is 1.50. The predicted molar refractivity (Wildman–Crippen MR) is 50.8 cm³/mol. The minimum absolute atomic E-state index is 1.25. The molecule has 0 saturated carbocycles. The Morgan fingerprint density at radius 1 is 1.30 bits per heavy atom. The highest BCUT2D eigenvalue weighted by Crippen LogP contribution is 2.26. The standard InChI is InChI=1S/C8H10S2/c1-6-4-3-5-8(10-9)7(6)2/h3-5,9H,1-2H3. The molecule has 0 heterocycles. The fraction of sp³-hybridized carbons (Fsp3) is 0.250. The molecule has 1 aromatic carbocycles. The molecule has 1 aromatic rings. The number of aryl methyl sites for hydroxylation is 1. The van der Waals surface area contributed by atoms with Crippen molar-refractivity contribution < 1.29 is 0 Å². The molecule has 54 valence electrons. The van der Waals surface area contributed by atoms with Crippen LogP contribution in [0.1, 0.15) is 11.1 Å². The largest absolute Gasteiger partial charge is 0.106 e. The quantitative estimate of drug-likeness (QED) is 0.498. The van der Waals surface area contributed by atoms with E-state index in [2.05, 4.69) is 43.7 Å². The normalized spacial score (nSPS) is 9.90. The third kappa shape index (κ3) is 1.50. The van der Waals surface area contributed by atoms with E-state index >= 15 is 0 Å². The first-order valence-corrected chi connectivity index (χ1v) is 5.00. The van der Waals surface area contributed by atoms with Crippen molar-refractivity contribution in [3.8, 4) is 0 Å². The molecular formula is C8H10S2. The Labute approximate surface area is 70.8 Å². The van der Waals surface area contributed by atoms with Crippen molar-refractivity contribution in [1.82, 2.24) is 0 Å². The third-order valence-electron chi connectivity index (χ3n) is 1.65. The van der Waals surface area contributed by atoms with E-state index in [9.17, 15) is 0 Å². The third-order valence-corrected chi connectivity index (χ3v) is 2.88. The molecule has 0 radical (unpaired) electrons. The molecule has 0 saturated heterocycles. The van der Waals surface area contributed by atoms with Crippen LogP contribution < -0.4 is 0 Å². The lowest BCUT2D eigenvalue weighted by atomic mass is 10.1. The van der Waals surface area contributed by atoms with E-state index in [1.165, 1.54) is 26.8 Å². The molecule has 0 N–H and O–H groups in total. The Hall–Kier alpha value is -0.0800. The van der Waals surface area contributed by atoms with Crippen LogP contribution in [0.2, 0.25) is 0 Å². The lowest BCUT2D eigenvalue weighted by Crippen LogP contribution is -1.81. The summed E-state index contributed by atoms with van der Waals surface area (Å²) in [4.78, 5) is 1.25. The number of hydrogen-bond donors (Lipinski definition) is 1. The SMILES string of the molecule is Cc1cccc(SS)c1C. The van der Waals surface area contributed by atoms with Crippen molar-refractivity contribution >= 4 is 22.5 Å². The van der Waals surface area contributed by atoms with Gasteiger partial charge in [0.05, 0.1) is 0 Å². The smallest absolute Gasteiger partial charge is 0.0212 e. The first-order valence-electron chi connectivity index (χ1n) is 3.13. The highest BCUT2D eigenvalue weighted by Gasteiger charge is 1.97. The first kappa shape index (κ1) is 8.02. The second kappa shape index (κ2) is 3.35. The van der Waals surface area contributed by atoms with Crippen LogP contribution >= 0.6 is 22.5 Å². The molecule has 0 amide bonds. The van der Waals surface area contributed by atoms with Gasteiger partial charge in [-0.05, 0) is 31.0 Å². The summed E-state index contributed by atoms with van der Waals surface area (Å²) in [6.07, 6.45) is 0. The molecule has 0 fully saturated rings. The van der Waals surface area contributed by atoms with Crippen LogP contribution in [0.25, 0.3) is 0 Å². The van der Waals surface area contributed by atoms with E-state index < -0.39 is 0 Å². The molecule has 0 nitrogen and oxygen atoms in total. The Balaban J connectivity index is 3.14. The molecule has 0 aliphatic carbocycles. The van der Waals surface area contributed by atoms with Gasteiger partial charge in [-0.15, -0.1) is 11.7 Å². The summed E-state index contributed by atoms with van der Waals surface area (Å²) in [5.74, 6) is 0. The molecule has 2 heteroatoms. The molecule has 1 rings (SSSR count). The summed E-state index contributed by atoms with van der Waals surface area (Å²) < 4.78 is 0. The zero-order chi connectivity index (χ0) is 7.56. The predicted octanol–water partition coefficient (Wildman–Crippen LogP) is 3.24. The van der Waals surface area contributed by atoms with Crippen molar-refractivity contribution in [3.63, 3.8) is 0 Å². The Morgan fingerprint density at radius 3 is 2.50 bits per heavy atom. The van der Waals surface area contributed by atoms with Crippen LogP contribution in [0, 0.1) is 13.8 Å². The molecule has 0 unspecified atom stereocenters. The number of thiol groups is 1. The van der Waals surface area contributed by atoms with Crippen molar-refractivity contribution in [2.45, 2.75) is 18.7 Å². The molecule has 0 atom stereocenters. The van der Waals surface area contributed by atoms with Gasteiger partial charge in [-0.3, -0.25) is 0 Å². The van der Waals surface area contributed by atoms with Crippen LogP contribution in [-0.2, 0) is 0 Å². The lowest BCUT2D eigenvalue weighted by Gasteiger charge is -2.02. The number of hydrogen-bond acceptors (Lipinski definition) is 2. The minimum atomic E-state index is 1.25. The van der Waals surface area contributed by atoms with Crippen LogP contribution in [0.15, 0.2) is 23.1 Å². The van der Waals surface area contributed by atoms with Crippen molar-refractivity contribution in [2.24, 2.45) is 0 Å². The highest BCUT2D eigenvalue weighted by molar-refractivity contribution is 8.68. The van der Waals surface area contributed by atoms with Crippen LogP contribution in [-0.4, -0.2) is 0 Å². The van der Waals surface area contributed by atoms with Gasteiger partial charge in [0.1, 0.15) is 0 Å². The Bertz CT molecular complexity index is 231. The fourth-order valence-electron chi connectivity index (χ4n) is 0.823. The molecular weight excluding hydrogens is 160 g/mol.